The molecule has 0 spiro atoms. The van der Waals surface area contributed by atoms with E-state index in [1.165, 1.54) is 21.9 Å². The number of hydrogen-bond donors (Lipinski definition) is 4. The fraction of sp³-hybridized carbons (Fsp3) is 0.579. The fourth-order valence-electron chi connectivity index (χ4n) is 2.97. The smallest absolute Gasteiger partial charge is 0.279 e. The molecule has 1 heterocycles. The highest BCUT2D eigenvalue weighted by atomic mass is 19.1. The molecule has 1 aliphatic rings. The average Bonchev–Trinajstić information content (AvgIpc) is 2.58. The van der Waals surface area contributed by atoms with Gasteiger partial charge >= 0.3 is 0 Å². The molecule has 1 fully saturated rings. The Labute approximate surface area is 154 Å². The van der Waals surface area contributed by atoms with Crippen LogP contribution in [0.15, 0.2) is 24.3 Å². The maximum absolute atomic E-state index is 12.9. The first-order valence-corrected chi connectivity index (χ1v) is 9.35. The van der Waals surface area contributed by atoms with Gasteiger partial charge in [-0.05, 0) is 37.1 Å². The first-order valence-electron chi connectivity index (χ1n) is 9.35. The van der Waals surface area contributed by atoms with Gasteiger partial charge in [-0.1, -0.05) is 13.8 Å². The van der Waals surface area contributed by atoms with E-state index in [4.69, 9.17) is 0 Å². The van der Waals surface area contributed by atoms with Gasteiger partial charge in [0.05, 0.1) is 0 Å². The first kappa shape index (κ1) is 20.3. The maximum atomic E-state index is 12.9. The van der Waals surface area contributed by atoms with Gasteiger partial charge in [-0.15, -0.1) is 0 Å². The van der Waals surface area contributed by atoms with Gasteiger partial charge < -0.3 is 20.4 Å². The molecule has 0 radical (unpaired) electrons. The van der Waals surface area contributed by atoms with Crippen molar-refractivity contribution >= 4 is 17.5 Å². The van der Waals surface area contributed by atoms with Crippen LogP contribution < -0.4 is 20.4 Å². The second-order valence-electron chi connectivity index (χ2n) is 7.51. The topological polar surface area (TPSA) is 67.1 Å². The number of halogens is 1. The molecule has 1 aromatic carbocycles. The minimum Gasteiger partial charge on any atom is -0.348 e. The fourth-order valence-corrected chi connectivity index (χ4v) is 2.97. The van der Waals surface area contributed by atoms with Gasteiger partial charge in [0.25, 0.3) is 11.8 Å². The Hall–Kier alpha value is -1.99. The standard InChI is InChI=1S/C19H29FN4O2/c1-14(2)15(3)21-18(25)12-23-8-10-24(11-9-23)13-19(26)22-17-6-4-16(20)5-7-17/h4-7,14-15H,8-13H2,1-3H3,(H,21,25)(H,22,26)/p+2/t15-/m1/s1. The van der Waals surface area contributed by atoms with Gasteiger partial charge in [0, 0.05) is 11.7 Å². The van der Waals surface area contributed by atoms with Gasteiger partial charge in [-0.25, -0.2) is 4.39 Å². The SMILES string of the molecule is CC(C)[C@@H](C)NC(=O)C[NH+]1CC[NH+](CC(=O)Nc2ccc(F)cc2)CC1. The molecule has 6 nitrogen and oxygen atoms in total. The second-order valence-corrected chi connectivity index (χ2v) is 7.51. The molecule has 4 N–H and O–H groups in total. The molecule has 26 heavy (non-hydrogen) atoms. The quantitative estimate of drug-likeness (QED) is 0.485. The van der Waals surface area contributed by atoms with Gasteiger partial charge in [0.2, 0.25) is 0 Å². The van der Waals surface area contributed by atoms with Crippen LogP contribution in [0.4, 0.5) is 10.1 Å². The third kappa shape index (κ3) is 6.72. The number of nitrogens with one attached hydrogen (secondary N) is 4. The molecule has 1 aromatic rings. The lowest BCUT2D eigenvalue weighted by Gasteiger charge is -2.29. The molecule has 0 aromatic heterocycles. The van der Waals surface area contributed by atoms with Crippen LogP contribution in [0.5, 0.6) is 0 Å². The molecule has 0 aliphatic carbocycles. The number of carbonyl (C=O) groups is 2. The van der Waals surface area contributed by atoms with Gasteiger partial charge in [0.15, 0.2) is 13.1 Å². The van der Waals surface area contributed by atoms with E-state index in [-0.39, 0.29) is 23.7 Å². The van der Waals surface area contributed by atoms with Crippen LogP contribution in [0.25, 0.3) is 0 Å². The predicted octanol–water partition coefficient (Wildman–Crippen LogP) is -1.29. The molecule has 0 unspecified atom stereocenters. The highest BCUT2D eigenvalue weighted by Crippen LogP contribution is 2.07. The van der Waals surface area contributed by atoms with E-state index >= 15 is 0 Å². The lowest BCUT2D eigenvalue weighted by Crippen LogP contribution is -3.28. The summed E-state index contributed by atoms with van der Waals surface area (Å²) in [5, 5.41) is 5.84. The molecule has 2 amide bonds. The third-order valence-corrected chi connectivity index (χ3v) is 5.00. The van der Waals surface area contributed by atoms with Crippen molar-refractivity contribution in [2.45, 2.75) is 26.8 Å². The summed E-state index contributed by atoms with van der Waals surface area (Å²) < 4.78 is 12.9. The zero-order valence-corrected chi connectivity index (χ0v) is 15.9. The summed E-state index contributed by atoms with van der Waals surface area (Å²) in [6.07, 6.45) is 0. The summed E-state index contributed by atoms with van der Waals surface area (Å²) in [4.78, 5) is 26.7. The van der Waals surface area contributed by atoms with Crippen molar-refractivity contribution < 1.29 is 23.8 Å². The molecular formula is C19H31FN4O2+2. The van der Waals surface area contributed by atoms with E-state index in [9.17, 15) is 14.0 Å². The summed E-state index contributed by atoms with van der Waals surface area (Å²) in [6.45, 7) is 10.6. The Balaban J connectivity index is 1.68. The lowest BCUT2D eigenvalue weighted by molar-refractivity contribution is -1.00. The van der Waals surface area contributed by atoms with Crippen LogP contribution in [0.1, 0.15) is 20.8 Å². The summed E-state index contributed by atoms with van der Waals surface area (Å²) in [5.41, 5.74) is 0.607. The number of benzene rings is 1. The van der Waals surface area contributed by atoms with Crippen molar-refractivity contribution in [1.82, 2.24) is 5.32 Å². The number of piperazine rings is 1. The Morgan fingerprint density at radius 1 is 0.962 bits per heavy atom. The van der Waals surface area contributed by atoms with Crippen LogP contribution in [-0.4, -0.2) is 57.1 Å². The molecule has 1 saturated heterocycles. The summed E-state index contributed by atoms with van der Waals surface area (Å²) in [6, 6.07) is 5.96. The van der Waals surface area contributed by atoms with Gasteiger partial charge in [0.1, 0.15) is 32.0 Å². The Kier molecular flexibility index (Phi) is 7.53. The predicted molar refractivity (Wildman–Crippen MR) is 98.6 cm³/mol. The van der Waals surface area contributed by atoms with E-state index in [1.54, 1.807) is 12.1 Å². The second kappa shape index (κ2) is 9.64. The van der Waals surface area contributed by atoms with Crippen LogP contribution >= 0.6 is 0 Å². The molecule has 1 atom stereocenters. The molecule has 7 heteroatoms. The zero-order valence-electron chi connectivity index (χ0n) is 15.9. The number of hydrogen-bond acceptors (Lipinski definition) is 2. The molecule has 0 bridgehead atoms. The van der Waals surface area contributed by atoms with Gasteiger partial charge in [-0.3, -0.25) is 9.59 Å². The van der Waals surface area contributed by atoms with Crippen LogP contribution in [0.3, 0.4) is 0 Å². The summed E-state index contributed by atoms with van der Waals surface area (Å²) in [7, 11) is 0. The third-order valence-electron chi connectivity index (χ3n) is 5.00. The first-order chi connectivity index (χ1) is 12.3. The van der Waals surface area contributed by atoms with Crippen molar-refractivity contribution in [2.75, 3.05) is 44.6 Å². The van der Waals surface area contributed by atoms with Crippen LogP contribution in [-0.2, 0) is 9.59 Å². The maximum Gasteiger partial charge on any atom is 0.279 e. The van der Waals surface area contributed by atoms with E-state index < -0.39 is 0 Å². The minimum absolute atomic E-state index is 0.0708. The number of carbonyl (C=O) groups excluding carboxylic acids is 2. The molecule has 0 saturated carbocycles. The Bertz CT molecular complexity index is 598. The molecule has 2 rings (SSSR count). The van der Waals surface area contributed by atoms with E-state index in [2.05, 4.69) is 24.5 Å². The Morgan fingerprint density at radius 3 is 1.96 bits per heavy atom. The normalized spacial score (nSPS) is 21.3. The number of quaternary nitrogens is 2. The molecular weight excluding hydrogens is 335 g/mol. The van der Waals surface area contributed by atoms with E-state index in [0.29, 0.717) is 24.7 Å². The largest absolute Gasteiger partial charge is 0.348 e. The molecule has 144 valence electrons. The average molecular weight is 366 g/mol. The zero-order chi connectivity index (χ0) is 19.1. The number of anilines is 1. The van der Waals surface area contributed by atoms with E-state index in [0.717, 1.165) is 26.2 Å². The van der Waals surface area contributed by atoms with Crippen LogP contribution in [0, 0.1) is 11.7 Å². The highest BCUT2D eigenvalue weighted by molar-refractivity contribution is 5.91. The van der Waals surface area contributed by atoms with Crippen LogP contribution in [0.2, 0.25) is 0 Å². The van der Waals surface area contributed by atoms with Crippen molar-refractivity contribution in [1.29, 1.82) is 0 Å². The summed E-state index contributed by atoms with van der Waals surface area (Å²) >= 11 is 0. The number of amides is 2. The monoisotopic (exact) mass is 366 g/mol. The summed E-state index contributed by atoms with van der Waals surface area (Å²) in [5.74, 6) is 0.131. The molecule has 1 aliphatic heterocycles. The minimum atomic E-state index is -0.320. The van der Waals surface area contributed by atoms with Crippen molar-refractivity contribution in [3.63, 3.8) is 0 Å². The Morgan fingerprint density at radius 2 is 1.46 bits per heavy atom. The van der Waals surface area contributed by atoms with Crippen molar-refractivity contribution in [2.24, 2.45) is 5.92 Å². The van der Waals surface area contributed by atoms with E-state index in [1.807, 2.05) is 6.92 Å². The van der Waals surface area contributed by atoms with Gasteiger partial charge in [-0.2, -0.15) is 0 Å². The van der Waals surface area contributed by atoms with Crippen molar-refractivity contribution in [3.05, 3.63) is 30.1 Å². The number of rotatable bonds is 7. The van der Waals surface area contributed by atoms with Crippen molar-refractivity contribution in [3.8, 4) is 0 Å². The lowest BCUT2D eigenvalue weighted by atomic mass is 10.1. The highest BCUT2D eigenvalue weighted by Gasteiger charge is 2.26.